The SMILES string of the molecule is OC(Oc1ccc(Cl)cc1)Oc1ccc(Cl)cc1. The van der Waals surface area contributed by atoms with Crippen LogP contribution in [0.3, 0.4) is 0 Å². The molecule has 3 nitrogen and oxygen atoms in total. The predicted octanol–water partition coefficient (Wildman–Crippen LogP) is 3.73. The van der Waals surface area contributed by atoms with Crippen molar-refractivity contribution in [1.29, 1.82) is 0 Å². The monoisotopic (exact) mass is 284 g/mol. The highest BCUT2D eigenvalue weighted by molar-refractivity contribution is 6.30. The smallest absolute Gasteiger partial charge is 0.358 e. The molecule has 0 aromatic heterocycles. The van der Waals surface area contributed by atoms with Crippen LogP contribution in [0.1, 0.15) is 0 Å². The van der Waals surface area contributed by atoms with Gasteiger partial charge < -0.3 is 14.6 Å². The molecule has 2 aromatic rings. The van der Waals surface area contributed by atoms with Gasteiger partial charge in [-0.3, -0.25) is 0 Å². The van der Waals surface area contributed by atoms with Crippen molar-refractivity contribution in [2.45, 2.75) is 6.48 Å². The molecule has 0 aliphatic rings. The van der Waals surface area contributed by atoms with Gasteiger partial charge in [-0.25, -0.2) is 0 Å². The van der Waals surface area contributed by atoms with Crippen LogP contribution in [-0.2, 0) is 0 Å². The summed E-state index contributed by atoms with van der Waals surface area (Å²) in [6.45, 7) is -1.40. The van der Waals surface area contributed by atoms with Crippen LogP contribution in [0.2, 0.25) is 10.0 Å². The molecule has 0 amide bonds. The Labute approximate surface area is 114 Å². The van der Waals surface area contributed by atoms with Crippen LogP contribution >= 0.6 is 23.2 Å². The molecule has 0 bridgehead atoms. The van der Waals surface area contributed by atoms with Crippen LogP contribution in [0, 0.1) is 0 Å². The van der Waals surface area contributed by atoms with E-state index in [2.05, 4.69) is 0 Å². The first-order valence-electron chi connectivity index (χ1n) is 5.16. The van der Waals surface area contributed by atoms with Crippen molar-refractivity contribution in [3.05, 3.63) is 58.6 Å². The molecule has 0 heterocycles. The molecule has 94 valence electrons. The second kappa shape index (κ2) is 5.96. The first-order valence-corrected chi connectivity index (χ1v) is 5.91. The lowest BCUT2D eigenvalue weighted by atomic mass is 10.3. The van der Waals surface area contributed by atoms with Crippen molar-refractivity contribution in [2.75, 3.05) is 0 Å². The Morgan fingerprint density at radius 2 is 1.06 bits per heavy atom. The van der Waals surface area contributed by atoms with Gasteiger partial charge in [-0.1, -0.05) is 23.2 Å². The van der Waals surface area contributed by atoms with Gasteiger partial charge in [-0.2, -0.15) is 0 Å². The molecule has 0 unspecified atom stereocenters. The number of benzene rings is 2. The molecule has 0 atom stereocenters. The molecule has 5 heteroatoms. The van der Waals surface area contributed by atoms with Crippen LogP contribution in [0.4, 0.5) is 0 Å². The summed E-state index contributed by atoms with van der Waals surface area (Å²) in [6.07, 6.45) is 0. The van der Waals surface area contributed by atoms with Crippen LogP contribution in [0.5, 0.6) is 11.5 Å². The zero-order valence-corrected chi connectivity index (χ0v) is 10.7. The van der Waals surface area contributed by atoms with Crippen LogP contribution < -0.4 is 9.47 Å². The maximum Gasteiger partial charge on any atom is 0.358 e. The summed E-state index contributed by atoms with van der Waals surface area (Å²) in [5, 5.41) is 10.8. The van der Waals surface area contributed by atoms with Crippen molar-refractivity contribution in [3.8, 4) is 11.5 Å². The summed E-state index contributed by atoms with van der Waals surface area (Å²) < 4.78 is 10.3. The standard InChI is InChI=1S/C13H10Cl2O3/c14-9-1-5-11(6-2-9)17-13(16)18-12-7-3-10(15)4-8-12/h1-8,13,16H. The summed E-state index contributed by atoms with van der Waals surface area (Å²) >= 11 is 11.5. The number of hydrogen-bond acceptors (Lipinski definition) is 3. The Morgan fingerprint density at radius 1 is 0.722 bits per heavy atom. The van der Waals surface area contributed by atoms with Gasteiger partial charge in [-0.15, -0.1) is 0 Å². The number of halogens is 2. The fourth-order valence-electron chi connectivity index (χ4n) is 1.28. The van der Waals surface area contributed by atoms with E-state index >= 15 is 0 Å². The van der Waals surface area contributed by atoms with Gasteiger partial charge in [0.15, 0.2) is 0 Å². The molecular formula is C13H10Cl2O3. The molecule has 0 saturated carbocycles. The number of hydrogen-bond donors (Lipinski definition) is 1. The van der Waals surface area contributed by atoms with E-state index in [1.165, 1.54) is 0 Å². The highest BCUT2D eigenvalue weighted by Gasteiger charge is 2.07. The predicted molar refractivity (Wildman–Crippen MR) is 70.2 cm³/mol. The lowest BCUT2D eigenvalue weighted by Gasteiger charge is -2.14. The second-order valence-electron chi connectivity index (χ2n) is 3.45. The van der Waals surface area contributed by atoms with Crippen LogP contribution in [0.25, 0.3) is 0 Å². The Kier molecular flexibility index (Phi) is 4.31. The van der Waals surface area contributed by atoms with E-state index in [4.69, 9.17) is 32.7 Å². The zero-order valence-electron chi connectivity index (χ0n) is 9.22. The summed E-state index contributed by atoms with van der Waals surface area (Å²) in [4.78, 5) is 0. The van der Waals surface area contributed by atoms with Crippen LogP contribution in [-0.4, -0.2) is 11.6 Å². The van der Waals surface area contributed by atoms with Crippen LogP contribution in [0.15, 0.2) is 48.5 Å². The van der Waals surface area contributed by atoms with Gasteiger partial charge in [0.2, 0.25) is 0 Å². The van der Waals surface area contributed by atoms with Gasteiger partial charge in [0.05, 0.1) is 0 Å². The van der Waals surface area contributed by atoms with E-state index in [9.17, 15) is 5.11 Å². The minimum absolute atomic E-state index is 0.459. The van der Waals surface area contributed by atoms with E-state index in [-0.39, 0.29) is 0 Å². The summed E-state index contributed by atoms with van der Waals surface area (Å²) in [6, 6.07) is 13.2. The van der Waals surface area contributed by atoms with Gasteiger partial charge in [0, 0.05) is 10.0 Å². The van der Waals surface area contributed by atoms with Gasteiger partial charge >= 0.3 is 6.48 Å². The normalized spacial score (nSPS) is 10.4. The topological polar surface area (TPSA) is 38.7 Å². The van der Waals surface area contributed by atoms with Crippen molar-refractivity contribution in [1.82, 2.24) is 0 Å². The molecule has 2 rings (SSSR count). The fraction of sp³-hybridized carbons (Fsp3) is 0.0769. The largest absolute Gasteiger partial charge is 0.432 e. The third kappa shape index (κ3) is 3.81. The highest BCUT2D eigenvalue weighted by Crippen LogP contribution is 2.19. The fourth-order valence-corrected chi connectivity index (χ4v) is 1.54. The highest BCUT2D eigenvalue weighted by atomic mass is 35.5. The van der Waals surface area contributed by atoms with Gasteiger partial charge in [-0.05, 0) is 48.5 Å². The summed E-state index contributed by atoms with van der Waals surface area (Å²) in [7, 11) is 0. The molecule has 18 heavy (non-hydrogen) atoms. The molecule has 0 aliphatic heterocycles. The summed E-state index contributed by atoms with van der Waals surface area (Å²) in [5.74, 6) is 0.918. The average molecular weight is 285 g/mol. The molecule has 1 N–H and O–H groups in total. The number of aliphatic hydroxyl groups is 1. The Hall–Kier alpha value is -1.42. The first kappa shape index (κ1) is 13.0. The van der Waals surface area contributed by atoms with E-state index < -0.39 is 6.48 Å². The minimum Gasteiger partial charge on any atom is -0.432 e. The average Bonchev–Trinajstić information content (AvgIpc) is 2.35. The maximum atomic E-state index is 9.58. The quantitative estimate of drug-likeness (QED) is 0.870. The van der Waals surface area contributed by atoms with E-state index in [1.807, 2.05) is 0 Å². The lowest BCUT2D eigenvalue weighted by molar-refractivity contribution is -0.160. The first-order chi connectivity index (χ1) is 8.63. The van der Waals surface area contributed by atoms with Crippen molar-refractivity contribution in [2.24, 2.45) is 0 Å². The molecule has 0 radical (unpaired) electrons. The van der Waals surface area contributed by atoms with E-state index in [1.54, 1.807) is 48.5 Å². The third-order valence-corrected chi connectivity index (χ3v) is 2.61. The Balaban J connectivity index is 1.94. The maximum absolute atomic E-state index is 9.58. The Bertz CT molecular complexity index is 449. The van der Waals surface area contributed by atoms with Crippen molar-refractivity contribution in [3.63, 3.8) is 0 Å². The summed E-state index contributed by atoms with van der Waals surface area (Å²) in [5.41, 5.74) is 0. The third-order valence-electron chi connectivity index (χ3n) is 2.10. The van der Waals surface area contributed by atoms with Crippen molar-refractivity contribution >= 4 is 23.2 Å². The number of ether oxygens (including phenoxy) is 2. The molecule has 0 aliphatic carbocycles. The van der Waals surface area contributed by atoms with Gasteiger partial charge in [0.1, 0.15) is 11.5 Å². The van der Waals surface area contributed by atoms with E-state index in [0.717, 1.165) is 0 Å². The number of aliphatic hydroxyl groups excluding tert-OH is 1. The number of rotatable bonds is 4. The second-order valence-corrected chi connectivity index (χ2v) is 4.32. The molecular weight excluding hydrogens is 275 g/mol. The Morgan fingerprint density at radius 3 is 1.39 bits per heavy atom. The zero-order chi connectivity index (χ0) is 13.0. The van der Waals surface area contributed by atoms with E-state index in [0.29, 0.717) is 21.5 Å². The van der Waals surface area contributed by atoms with Crippen molar-refractivity contribution < 1.29 is 14.6 Å². The molecule has 0 spiro atoms. The lowest BCUT2D eigenvalue weighted by Crippen LogP contribution is -2.22. The molecule has 2 aromatic carbocycles. The van der Waals surface area contributed by atoms with Gasteiger partial charge in [0.25, 0.3) is 0 Å². The molecule has 0 fully saturated rings. The molecule has 0 saturated heterocycles. The minimum atomic E-state index is -1.40.